The molecule has 2 aromatic carbocycles. The number of amides is 2. The van der Waals surface area contributed by atoms with Crippen molar-refractivity contribution < 1.29 is 19.4 Å². The second-order valence-electron chi connectivity index (χ2n) is 6.31. The molecule has 0 radical (unpaired) electrons. The fraction of sp³-hybridized carbons (Fsp3) is 0.300. The quantitative estimate of drug-likeness (QED) is 0.846. The Kier molecular flexibility index (Phi) is 5.93. The van der Waals surface area contributed by atoms with Gasteiger partial charge in [-0.05, 0) is 29.8 Å². The number of rotatable bonds is 5. The third-order valence-electron chi connectivity index (χ3n) is 4.52. The Morgan fingerprint density at radius 2 is 1.85 bits per heavy atom. The predicted octanol–water partition coefficient (Wildman–Crippen LogP) is 2.43. The molecule has 1 aliphatic heterocycles. The van der Waals surface area contributed by atoms with E-state index in [4.69, 9.17) is 9.84 Å². The Labute approximate surface area is 158 Å². The van der Waals surface area contributed by atoms with E-state index in [0.29, 0.717) is 25.4 Å². The normalized spacial score (nSPS) is 13.9. The molecule has 27 heavy (non-hydrogen) atoms. The van der Waals surface area contributed by atoms with Gasteiger partial charge in [0.05, 0.1) is 19.2 Å². The molecule has 1 aliphatic rings. The van der Waals surface area contributed by atoms with Crippen molar-refractivity contribution in [2.75, 3.05) is 38.2 Å². The lowest BCUT2D eigenvalue weighted by Gasteiger charge is -2.33. The Balaban J connectivity index is 1.88. The minimum atomic E-state index is -0.969. The van der Waals surface area contributed by atoms with Crippen LogP contribution < -0.4 is 15.0 Å². The molecule has 2 aromatic rings. The minimum absolute atomic E-state index is 0.0768. The molecule has 1 fully saturated rings. The fourth-order valence-corrected chi connectivity index (χ4v) is 3.01. The number of piperazine rings is 1. The number of carboxylic acid groups (broad SMARTS) is 1. The van der Waals surface area contributed by atoms with Crippen LogP contribution in [0.2, 0.25) is 0 Å². The van der Waals surface area contributed by atoms with Crippen LogP contribution >= 0.6 is 0 Å². The molecular weight excluding hydrogens is 346 g/mol. The molecule has 0 aliphatic carbocycles. The van der Waals surface area contributed by atoms with Gasteiger partial charge in [-0.25, -0.2) is 9.59 Å². The molecule has 0 unspecified atom stereocenters. The first kappa shape index (κ1) is 18.7. The first-order chi connectivity index (χ1) is 13.1. The van der Waals surface area contributed by atoms with Crippen LogP contribution in [0.4, 0.5) is 10.5 Å². The fourth-order valence-electron chi connectivity index (χ4n) is 3.01. The molecule has 142 valence electrons. The topological polar surface area (TPSA) is 82.1 Å². The van der Waals surface area contributed by atoms with E-state index < -0.39 is 5.97 Å². The van der Waals surface area contributed by atoms with Crippen molar-refractivity contribution in [1.29, 1.82) is 0 Å². The number of anilines is 1. The van der Waals surface area contributed by atoms with Gasteiger partial charge < -0.3 is 20.1 Å². The summed E-state index contributed by atoms with van der Waals surface area (Å²) in [5.41, 5.74) is 1.81. The average Bonchev–Trinajstić information content (AvgIpc) is 2.72. The Hall–Kier alpha value is -3.06. The number of nitrogens with one attached hydrogen (secondary N) is 1. The maximum atomic E-state index is 13.2. The zero-order valence-electron chi connectivity index (χ0n) is 15.2. The number of ether oxygens (including phenoxy) is 1. The third kappa shape index (κ3) is 4.57. The van der Waals surface area contributed by atoms with E-state index in [1.54, 1.807) is 36.3 Å². The molecule has 7 heteroatoms. The maximum absolute atomic E-state index is 13.2. The van der Waals surface area contributed by atoms with Crippen LogP contribution in [0, 0.1) is 0 Å². The minimum Gasteiger partial charge on any atom is -0.497 e. The number of carboxylic acids is 1. The highest BCUT2D eigenvalue weighted by Gasteiger charge is 2.24. The number of methoxy groups -OCH3 is 1. The molecular formula is C20H23N3O4. The van der Waals surface area contributed by atoms with Gasteiger partial charge in [0.2, 0.25) is 0 Å². The molecule has 2 amide bonds. The van der Waals surface area contributed by atoms with Gasteiger partial charge in [0.1, 0.15) is 5.75 Å². The van der Waals surface area contributed by atoms with Crippen molar-refractivity contribution in [3.8, 4) is 5.75 Å². The smallest absolute Gasteiger partial charge is 0.335 e. The molecule has 2 N–H and O–H groups in total. The van der Waals surface area contributed by atoms with Crippen LogP contribution in [0.15, 0.2) is 48.5 Å². The van der Waals surface area contributed by atoms with Crippen LogP contribution in [0.3, 0.4) is 0 Å². The number of urea groups is 1. The lowest BCUT2D eigenvalue weighted by Crippen LogP contribution is -2.51. The van der Waals surface area contributed by atoms with Crippen LogP contribution in [0.25, 0.3) is 0 Å². The second-order valence-corrected chi connectivity index (χ2v) is 6.31. The number of hydrogen-bond acceptors (Lipinski definition) is 4. The zero-order chi connectivity index (χ0) is 19.2. The van der Waals surface area contributed by atoms with Crippen molar-refractivity contribution in [3.63, 3.8) is 0 Å². The Morgan fingerprint density at radius 3 is 2.48 bits per heavy atom. The number of carbonyl (C=O) groups is 2. The first-order valence-corrected chi connectivity index (χ1v) is 8.82. The molecule has 0 spiro atoms. The van der Waals surface area contributed by atoms with Gasteiger partial charge >= 0.3 is 12.0 Å². The molecule has 0 atom stereocenters. The molecule has 1 saturated heterocycles. The van der Waals surface area contributed by atoms with E-state index in [9.17, 15) is 9.59 Å². The summed E-state index contributed by atoms with van der Waals surface area (Å²) in [6, 6.07) is 13.9. The van der Waals surface area contributed by atoms with E-state index in [1.807, 2.05) is 29.2 Å². The molecule has 3 rings (SSSR count). The molecule has 0 bridgehead atoms. The molecule has 0 aromatic heterocycles. The first-order valence-electron chi connectivity index (χ1n) is 8.82. The van der Waals surface area contributed by atoms with Crippen LogP contribution in [0.5, 0.6) is 5.75 Å². The lowest BCUT2D eigenvalue weighted by atomic mass is 10.1. The monoisotopic (exact) mass is 369 g/mol. The molecule has 7 nitrogen and oxygen atoms in total. The summed E-state index contributed by atoms with van der Waals surface area (Å²) in [5, 5.41) is 12.3. The van der Waals surface area contributed by atoms with E-state index in [0.717, 1.165) is 24.3 Å². The van der Waals surface area contributed by atoms with Gasteiger partial charge in [0.15, 0.2) is 0 Å². The lowest BCUT2D eigenvalue weighted by molar-refractivity contribution is 0.0697. The summed E-state index contributed by atoms with van der Waals surface area (Å²) in [5.74, 6) is -0.296. The Morgan fingerprint density at radius 1 is 1.15 bits per heavy atom. The SMILES string of the molecule is COc1cccc(N(Cc2ccc(C(=O)O)cc2)C(=O)N2CCNCC2)c1. The second kappa shape index (κ2) is 8.55. The van der Waals surface area contributed by atoms with Crippen molar-refractivity contribution in [2.24, 2.45) is 0 Å². The maximum Gasteiger partial charge on any atom is 0.335 e. The summed E-state index contributed by atoms with van der Waals surface area (Å²) in [4.78, 5) is 27.7. The highest BCUT2D eigenvalue weighted by Crippen LogP contribution is 2.24. The zero-order valence-corrected chi connectivity index (χ0v) is 15.2. The summed E-state index contributed by atoms with van der Waals surface area (Å²) >= 11 is 0. The van der Waals surface area contributed by atoms with Crippen LogP contribution in [-0.2, 0) is 6.54 Å². The van der Waals surface area contributed by atoms with Gasteiger partial charge in [-0.3, -0.25) is 4.90 Å². The van der Waals surface area contributed by atoms with E-state index in [1.165, 1.54) is 0 Å². The molecule has 0 saturated carbocycles. The number of nitrogens with zero attached hydrogens (tertiary/aromatic N) is 2. The van der Waals surface area contributed by atoms with Crippen molar-refractivity contribution in [3.05, 3.63) is 59.7 Å². The van der Waals surface area contributed by atoms with E-state index >= 15 is 0 Å². The van der Waals surface area contributed by atoms with Crippen LogP contribution in [-0.4, -0.2) is 55.3 Å². The predicted molar refractivity (Wildman–Crippen MR) is 102 cm³/mol. The van der Waals surface area contributed by atoms with Crippen molar-refractivity contribution >= 4 is 17.7 Å². The van der Waals surface area contributed by atoms with Crippen LogP contribution in [0.1, 0.15) is 15.9 Å². The van der Waals surface area contributed by atoms with E-state index in [-0.39, 0.29) is 11.6 Å². The number of carbonyl (C=O) groups excluding carboxylic acids is 1. The highest BCUT2D eigenvalue weighted by atomic mass is 16.5. The van der Waals surface area contributed by atoms with Crippen molar-refractivity contribution in [1.82, 2.24) is 10.2 Å². The van der Waals surface area contributed by atoms with Gasteiger partial charge in [0, 0.05) is 37.9 Å². The van der Waals surface area contributed by atoms with Gasteiger partial charge in [-0.15, -0.1) is 0 Å². The van der Waals surface area contributed by atoms with Crippen molar-refractivity contribution in [2.45, 2.75) is 6.54 Å². The number of aromatic carboxylic acids is 1. The summed E-state index contributed by atoms with van der Waals surface area (Å²) < 4.78 is 5.30. The summed E-state index contributed by atoms with van der Waals surface area (Å²) in [7, 11) is 1.59. The third-order valence-corrected chi connectivity index (χ3v) is 4.52. The average molecular weight is 369 g/mol. The van der Waals surface area contributed by atoms with E-state index in [2.05, 4.69) is 5.32 Å². The highest BCUT2D eigenvalue weighted by molar-refractivity contribution is 5.92. The molecule has 1 heterocycles. The van der Waals surface area contributed by atoms with Gasteiger partial charge in [-0.2, -0.15) is 0 Å². The van der Waals surface area contributed by atoms with Gasteiger partial charge in [-0.1, -0.05) is 18.2 Å². The van der Waals surface area contributed by atoms with Gasteiger partial charge in [0.25, 0.3) is 0 Å². The largest absolute Gasteiger partial charge is 0.497 e. The Bertz CT molecular complexity index is 801. The number of hydrogen-bond donors (Lipinski definition) is 2. The summed E-state index contributed by atoms with van der Waals surface area (Å²) in [6.45, 7) is 3.18. The summed E-state index contributed by atoms with van der Waals surface area (Å²) in [6.07, 6.45) is 0. The standard InChI is InChI=1S/C20H23N3O4/c1-27-18-4-2-3-17(13-18)23(20(26)22-11-9-21-10-12-22)14-15-5-7-16(8-6-15)19(24)25/h2-8,13,21H,9-12,14H2,1H3,(H,24,25). The number of benzene rings is 2.